The Morgan fingerprint density at radius 2 is 1.38 bits per heavy atom. The molecule has 0 radical (unpaired) electrons. The van der Waals surface area contributed by atoms with Gasteiger partial charge in [-0.2, -0.15) is 4.31 Å². The summed E-state index contributed by atoms with van der Waals surface area (Å²) >= 11 is 0. The van der Waals surface area contributed by atoms with Crippen molar-refractivity contribution in [2.45, 2.75) is 75.1 Å². The molecule has 0 N–H and O–H groups in total. The summed E-state index contributed by atoms with van der Waals surface area (Å²) in [5.41, 5.74) is 0.437. The second-order valence-corrected chi connectivity index (χ2v) is 10.7. The average Bonchev–Trinajstić information content (AvgIpc) is 3.35. The van der Waals surface area contributed by atoms with Gasteiger partial charge in [0.15, 0.2) is 0 Å². The highest BCUT2D eigenvalue weighted by molar-refractivity contribution is 7.89. The van der Waals surface area contributed by atoms with Gasteiger partial charge in [0.2, 0.25) is 21.8 Å². The third-order valence-electron chi connectivity index (χ3n) is 7.07. The van der Waals surface area contributed by atoms with E-state index in [1.165, 1.54) is 17.0 Å². The van der Waals surface area contributed by atoms with Crippen LogP contribution in [0.4, 0.5) is 5.69 Å². The Labute approximate surface area is 171 Å². The second kappa shape index (κ2) is 6.62. The first-order valence-corrected chi connectivity index (χ1v) is 11.9. The van der Waals surface area contributed by atoms with Crippen molar-refractivity contribution in [2.24, 2.45) is 11.8 Å². The molecule has 4 aliphatic heterocycles. The van der Waals surface area contributed by atoms with Crippen molar-refractivity contribution in [2.75, 3.05) is 4.90 Å². The zero-order valence-electron chi connectivity index (χ0n) is 16.7. The molecule has 0 saturated carbocycles. The van der Waals surface area contributed by atoms with Gasteiger partial charge in [0.25, 0.3) is 0 Å². The molecule has 8 heteroatoms. The van der Waals surface area contributed by atoms with Crippen molar-refractivity contribution in [3.8, 4) is 0 Å². The largest absolute Gasteiger partial charge is 0.373 e. The summed E-state index contributed by atoms with van der Waals surface area (Å²) in [4.78, 5) is 27.2. The van der Waals surface area contributed by atoms with E-state index in [-0.39, 0.29) is 52.8 Å². The number of ether oxygens (including phenoxy) is 1. The molecule has 0 aromatic heterocycles. The van der Waals surface area contributed by atoms with Gasteiger partial charge in [0.1, 0.15) is 0 Å². The minimum absolute atomic E-state index is 0.0417. The van der Waals surface area contributed by atoms with Gasteiger partial charge >= 0.3 is 0 Å². The van der Waals surface area contributed by atoms with Crippen LogP contribution in [-0.2, 0) is 24.3 Å². The number of sulfonamides is 1. The first-order valence-electron chi connectivity index (χ1n) is 10.5. The molecule has 4 fully saturated rings. The molecular weight excluding hydrogens is 392 g/mol. The number of hydrogen-bond donors (Lipinski definition) is 0. The van der Waals surface area contributed by atoms with E-state index in [1.54, 1.807) is 16.4 Å². The normalized spacial score (nSPS) is 37.4. The molecule has 6 atom stereocenters. The zero-order chi connectivity index (χ0) is 20.5. The van der Waals surface area contributed by atoms with Crippen LogP contribution in [-0.4, -0.2) is 48.8 Å². The van der Waals surface area contributed by atoms with E-state index in [4.69, 9.17) is 4.74 Å². The second-order valence-electron chi connectivity index (χ2n) is 8.81. The zero-order valence-corrected chi connectivity index (χ0v) is 17.5. The number of rotatable bonds is 3. The van der Waals surface area contributed by atoms with Crippen molar-refractivity contribution in [3.05, 3.63) is 24.3 Å². The Kier molecular flexibility index (Phi) is 4.38. The number of nitrogens with zero attached hydrogens (tertiary/aromatic N) is 2. The van der Waals surface area contributed by atoms with E-state index in [0.29, 0.717) is 5.69 Å². The number of imide groups is 1. The van der Waals surface area contributed by atoms with Gasteiger partial charge < -0.3 is 4.74 Å². The predicted molar refractivity (Wildman–Crippen MR) is 106 cm³/mol. The molecule has 1 aromatic carbocycles. The highest BCUT2D eigenvalue weighted by Crippen LogP contribution is 2.49. The van der Waals surface area contributed by atoms with Crippen molar-refractivity contribution in [1.29, 1.82) is 0 Å². The van der Waals surface area contributed by atoms with Crippen LogP contribution in [0.15, 0.2) is 29.2 Å². The van der Waals surface area contributed by atoms with Gasteiger partial charge in [-0.25, -0.2) is 13.3 Å². The lowest BCUT2D eigenvalue weighted by Crippen LogP contribution is -2.47. The van der Waals surface area contributed by atoms with Crippen molar-refractivity contribution in [1.82, 2.24) is 4.31 Å². The lowest BCUT2D eigenvalue weighted by atomic mass is 9.81. The average molecular weight is 419 g/mol. The standard InChI is InChI=1S/C21H26N2O5S/c1-12-4-3-5-13(2)23(12)29(26,27)15-8-6-14(7-9-15)22-20(24)18-16-10-11-17(28-16)19(18)21(22)25/h6-9,12-13,16-19H,3-5,10-11H2,1-2H3/t12-,13+,16-,17-,18-,19-/m1/s1. The lowest BCUT2D eigenvalue weighted by Gasteiger charge is -2.37. The van der Waals surface area contributed by atoms with Gasteiger partial charge in [-0.3, -0.25) is 9.59 Å². The molecule has 0 unspecified atom stereocenters. The molecule has 29 heavy (non-hydrogen) atoms. The molecule has 4 saturated heterocycles. The van der Waals surface area contributed by atoms with Gasteiger partial charge in [-0.15, -0.1) is 0 Å². The Balaban J connectivity index is 1.42. The number of amides is 2. The number of anilines is 1. The van der Waals surface area contributed by atoms with Crippen molar-refractivity contribution < 1.29 is 22.7 Å². The Hall–Kier alpha value is -1.77. The fourth-order valence-corrected chi connectivity index (χ4v) is 7.61. The van der Waals surface area contributed by atoms with E-state index in [2.05, 4.69) is 0 Å². The summed E-state index contributed by atoms with van der Waals surface area (Å²) in [5, 5.41) is 0. The van der Waals surface area contributed by atoms with Crippen molar-refractivity contribution in [3.63, 3.8) is 0 Å². The fraction of sp³-hybridized carbons (Fsp3) is 0.619. The Bertz CT molecular complexity index is 922. The predicted octanol–water partition coefficient (Wildman–Crippen LogP) is 2.30. The molecule has 0 spiro atoms. The van der Waals surface area contributed by atoms with Crippen LogP contribution in [0, 0.1) is 11.8 Å². The number of carbonyl (C=O) groups excluding carboxylic acids is 2. The maximum absolute atomic E-state index is 13.2. The number of carbonyl (C=O) groups is 2. The SMILES string of the molecule is C[C@@H]1CCC[C@H](C)N1S(=O)(=O)c1ccc(N2C(=O)[C@H]3[C@H](C2=O)[C@H]2CC[C@H]3O2)cc1. The van der Waals surface area contributed by atoms with Gasteiger partial charge in [-0.05, 0) is 63.8 Å². The summed E-state index contributed by atoms with van der Waals surface area (Å²) < 4.78 is 33.7. The maximum atomic E-state index is 13.2. The molecule has 1 aromatic rings. The topological polar surface area (TPSA) is 84.0 Å². The van der Waals surface area contributed by atoms with Crippen molar-refractivity contribution >= 4 is 27.5 Å². The summed E-state index contributed by atoms with van der Waals surface area (Å²) in [7, 11) is -3.63. The quantitative estimate of drug-likeness (QED) is 0.704. The summed E-state index contributed by atoms with van der Waals surface area (Å²) in [5.74, 6) is -1.22. The molecule has 156 valence electrons. The summed E-state index contributed by atoms with van der Waals surface area (Å²) in [6.45, 7) is 3.89. The molecule has 7 nitrogen and oxygen atoms in total. The molecule has 4 aliphatic rings. The number of piperidine rings is 1. The van der Waals surface area contributed by atoms with Crippen LogP contribution >= 0.6 is 0 Å². The molecular formula is C21H26N2O5S. The Morgan fingerprint density at radius 3 is 1.90 bits per heavy atom. The van der Waals surface area contributed by atoms with E-state index in [9.17, 15) is 18.0 Å². The van der Waals surface area contributed by atoms with Crippen LogP contribution in [0.1, 0.15) is 46.0 Å². The number of hydrogen-bond acceptors (Lipinski definition) is 5. The van der Waals surface area contributed by atoms with Crippen LogP contribution in [0.3, 0.4) is 0 Å². The van der Waals surface area contributed by atoms with Gasteiger partial charge in [0, 0.05) is 12.1 Å². The summed E-state index contributed by atoms with van der Waals surface area (Å²) in [6.07, 6.45) is 4.06. The molecule has 5 rings (SSSR count). The Morgan fingerprint density at radius 1 is 0.862 bits per heavy atom. The molecule has 0 aliphatic carbocycles. The third-order valence-corrected chi connectivity index (χ3v) is 9.21. The van der Waals surface area contributed by atoms with Gasteiger partial charge in [-0.1, -0.05) is 6.42 Å². The number of fused-ring (bicyclic) bond motifs is 5. The minimum atomic E-state index is -3.63. The minimum Gasteiger partial charge on any atom is -0.373 e. The van der Waals surface area contributed by atoms with E-state index in [1.807, 2.05) is 13.8 Å². The maximum Gasteiger partial charge on any atom is 0.243 e. The summed E-state index contributed by atoms with van der Waals surface area (Å²) in [6, 6.07) is 6.09. The molecule has 2 bridgehead atoms. The van der Waals surface area contributed by atoms with E-state index >= 15 is 0 Å². The molecule has 4 heterocycles. The highest BCUT2D eigenvalue weighted by Gasteiger charge is 2.62. The molecule has 2 amide bonds. The van der Waals surface area contributed by atoms with Crippen LogP contribution in [0.25, 0.3) is 0 Å². The lowest BCUT2D eigenvalue weighted by molar-refractivity contribution is -0.124. The van der Waals surface area contributed by atoms with Crippen LogP contribution in [0.5, 0.6) is 0 Å². The van der Waals surface area contributed by atoms with Crippen LogP contribution in [0.2, 0.25) is 0 Å². The monoisotopic (exact) mass is 418 g/mol. The van der Waals surface area contributed by atoms with E-state index in [0.717, 1.165) is 32.1 Å². The van der Waals surface area contributed by atoms with Gasteiger partial charge in [0.05, 0.1) is 34.6 Å². The first-order chi connectivity index (χ1) is 13.8. The van der Waals surface area contributed by atoms with E-state index < -0.39 is 10.0 Å². The highest BCUT2D eigenvalue weighted by atomic mass is 32.2. The smallest absolute Gasteiger partial charge is 0.243 e. The first kappa shape index (κ1) is 19.2. The third kappa shape index (κ3) is 2.72. The fourth-order valence-electron chi connectivity index (χ4n) is 5.73. The number of benzene rings is 1. The van der Waals surface area contributed by atoms with Crippen LogP contribution < -0.4 is 4.90 Å².